The summed E-state index contributed by atoms with van der Waals surface area (Å²) in [5, 5.41) is 141. The topological polar surface area (TPSA) is 348 Å². The minimum atomic E-state index is -1.95. The lowest BCUT2D eigenvalue weighted by Crippen LogP contribution is -2.64. The molecule has 4 aliphatic rings. The molecule has 14 N–H and O–H groups in total. The maximum Gasteiger partial charge on any atom is 0.187 e. The molecule has 0 bridgehead atoms. The molecule has 0 aliphatic carbocycles. The van der Waals surface area contributed by atoms with Gasteiger partial charge in [0.1, 0.15) is 97.7 Å². The van der Waals surface area contributed by atoms with Gasteiger partial charge in [0.05, 0.1) is 26.4 Å². The molecule has 0 aromatic rings. The molecule has 4 heterocycles. The zero-order valence-corrected chi connectivity index (χ0v) is 23.5. The Kier molecular flexibility index (Phi) is 12.8. The fourth-order valence-electron chi connectivity index (χ4n) is 5.46. The van der Waals surface area contributed by atoms with Crippen LogP contribution in [0.4, 0.5) is 0 Å². The van der Waals surface area contributed by atoms with Crippen LogP contribution < -0.4 is 0 Å². The summed E-state index contributed by atoms with van der Waals surface area (Å²) >= 11 is 0. The highest BCUT2D eigenvalue weighted by atomic mass is 16.8. The van der Waals surface area contributed by atoms with Crippen molar-refractivity contribution in [2.75, 3.05) is 26.4 Å². The standard InChI is InChI=1S/C24H42O21/c25-1-5(28)18-12(32)16(36)24(43-18)41-7(3-27)19-13(33)15(35)22(44-19)39-4-8-9(29)11(31)14(34)23(42-8)45-20-10(30)6(2-26)40-21(38)17(20)37/h5-38H,1-4H2/t5-,6-,7-,8-,9-,10-,11+,12-,13-,14+,15-,16-,17+,18+,19+,20+,21+,22+,23-,24+/m1/s1. The third-order valence-corrected chi connectivity index (χ3v) is 8.16. The zero-order chi connectivity index (χ0) is 33.3. The molecule has 4 rings (SSSR count). The van der Waals surface area contributed by atoms with Gasteiger partial charge in [-0.05, 0) is 0 Å². The van der Waals surface area contributed by atoms with E-state index in [9.17, 15) is 66.4 Å². The molecule has 21 nitrogen and oxygen atoms in total. The summed E-state index contributed by atoms with van der Waals surface area (Å²) < 4.78 is 37.3. The van der Waals surface area contributed by atoms with E-state index in [1.807, 2.05) is 0 Å². The predicted molar refractivity (Wildman–Crippen MR) is 134 cm³/mol. The van der Waals surface area contributed by atoms with Gasteiger partial charge in [-0.2, -0.15) is 0 Å². The fraction of sp³-hybridized carbons (Fsp3) is 1.00. The molecule has 4 fully saturated rings. The Labute approximate surface area is 254 Å². The monoisotopic (exact) mass is 666 g/mol. The van der Waals surface area contributed by atoms with Crippen molar-refractivity contribution < 1.29 is 105 Å². The van der Waals surface area contributed by atoms with Gasteiger partial charge in [0.2, 0.25) is 0 Å². The van der Waals surface area contributed by atoms with Crippen molar-refractivity contribution in [2.24, 2.45) is 0 Å². The summed E-state index contributed by atoms with van der Waals surface area (Å²) in [7, 11) is 0. The van der Waals surface area contributed by atoms with Gasteiger partial charge in [0.15, 0.2) is 25.2 Å². The number of hydrogen-bond donors (Lipinski definition) is 14. The van der Waals surface area contributed by atoms with Crippen LogP contribution in [0.2, 0.25) is 0 Å². The van der Waals surface area contributed by atoms with Gasteiger partial charge in [-0.1, -0.05) is 0 Å². The highest BCUT2D eigenvalue weighted by molar-refractivity contribution is 4.96. The first kappa shape index (κ1) is 37.0. The average Bonchev–Trinajstić information content (AvgIpc) is 3.47. The molecule has 0 amide bonds. The SMILES string of the molecule is OC[C@@H](O)[C@@H]1O[C@H](O[C@H](CO)[C@@H]2O[C@H](OC[C@H]3O[C@H](O[C@@H]4[C@H](O)[C@@H](O)O[C@H](CO)[C@H]4O)[C@@H](O)[C@@H](O)[C@@H]3O)[C@H](O)[C@H]2O)[C@H](O)[C@H]1O. The van der Waals surface area contributed by atoms with E-state index in [1.165, 1.54) is 0 Å². The van der Waals surface area contributed by atoms with Crippen molar-refractivity contribution in [3.05, 3.63) is 0 Å². The Hall–Kier alpha value is -0.840. The van der Waals surface area contributed by atoms with Crippen LogP contribution in [-0.4, -0.2) is 221 Å². The Bertz CT molecular complexity index is 918. The van der Waals surface area contributed by atoms with Crippen LogP contribution in [-0.2, 0) is 33.2 Å². The molecule has 45 heavy (non-hydrogen) atoms. The first-order valence-electron chi connectivity index (χ1n) is 14.1. The van der Waals surface area contributed by atoms with Crippen molar-refractivity contribution in [1.82, 2.24) is 0 Å². The van der Waals surface area contributed by atoms with Crippen molar-refractivity contribution >= 4 is 0 Å². The van der Waals surface area contributed by atoms with Crippen LogP contribution in [0, 0.1) is 0 Å². The molecule has 0 saturated carbocycles. The number of ether oxygens (including phenoxy) is 7. The van der Waals surface area contributed by atoms with E-state index in [-0.39, 0.29) is 0 Å². The average molecular weight is 667 g/mol. The molecule has 21 heteroatoms. The second-order valence-corrected chi connectivity index (χ2v) is 11.2. The first-order valence-corrected chi connectivity index (χ1v) is 14.1. The Morgan fingerprint density at radius 1 is 0.533 bits per heavy atom. The molecule has 0 aromatic carbocycles. The van der Waals surface area contributed by atoms with Crippen molar-refractivity contribution in [3.8, 4) is 0 Å². The molecule has 0 radical (unpaired) electrons. The number of aliphatic hydroxyl groups excluding tert-OH is 14. The summed E-state index contributed by atoms with van der Waals surface area (Å²) in [5.41, 5.74) is 0. The number of hydrogen-bond acceptors (Lipinski definition) is 21. The molecular formula is C24H42O21. The van der Waals surface area contributed by atoms with Crippen LogP contribution in [0.5, 0.6) is 0 Å². The van der Waals surface area contributed by atoms with E-state index in [1.54, 1.807) is 0 Å². The smallest absolute Gasteiger partial charge is 0.187 e. The van der Waals surface area contributed by atoms with E-state index < -0.39 is 149 Å². The first-order chi connectivity index (χ1) is 21.2. The van der Waals surface area contributed by atoms with Gasteiger partial charge < -0.3 is 105 Å². The van der Waals surface area contributed by atoms with E-state index in [0.717, 1.165) is 0 Å². The molecule has 0 unspecified atom stereocenters. The van der Waals surface area contributed by atoms with E-state index in [2.05, 4.69) is 0 Å². The zero-order valence-electron chi connectivity index (χ0n) is 23.5. The summed E-state index contributed by atoms with van der Waals surface area (Å²) in [4.78, 5) is 0. The fourth-order valence-corrected chi connectivity index (χ4v) is 5.46. The predicted octanol–water partition coefficient (Wildman–Crippen LogP) is -9.75. The molecule has 0 spiro atoms. The molecule has 0 aromatic heterocycles. The lowest BCUT2D eigenvalue weighted by molar-refractivity contribution is -0.358. The van der Waals surface area contributed by atoms with Gasteiger partial charge in [0.25, 0.3) is 0 Å². The van der Waals surface area contributed by atoms with E-state index in [0.29, 0.717) is 0 Å². The van der Waals surface area contributed by atoms with E-state index >= 15 is 0 Å². The van der Waals surface area contributed by atoms with Gasteiger partial charge in [-0.25, -0.2) is 0 Å². The third-order valence-electron chi connectivity index (χ3n) is 8.16. The lowest BCUT2D eigenvalue weighted by Gasteiger charge is -2.45. The van der Waals surface area contributed by atoms with Crippen LogP contribution in [0.1, 0.15) is 0 Å². The number of rotatable bonds is 12. The summed E-state index contributed by atoms with van der Waals surface area (Å²) in [6.07, 6.45) is -34.1. The van der Waals surface area contributed by atoms with Crippen molar-refractivity contribution in [2.45, 2.75) is 123 Å². The Morgan fingerprint density at radius 2 is 1.13 bits per heavy atom. The second-order valence-electron chi connectivity index (χ2n) is 11.2. The van der Waals surface area contributed by atoms with Gasteiger partial charge in [-0.3, -0.25) is 0 Å². The number of aliphatic hydroxyl groups is 14. The summed E-state index contributed by atoms with van der Waals surface area (Å²) in [5.74, 6) is 0. The molecule has 20 atom stereocenters. The van der Waals surface area contributed by atoms with Gasteiger partial charge in [-0.15, -0.1) is 0 Å². The van der Waals surface area contributed by atoms with Crippen molar-refractivity contribution in [1.29, 1.82) is 0 Å². The van der Waals surface area contributed by atoms with Gasteiger partial charge >= 0.3 is 0 Å². The quantitative estimate of drug-likeness (QED) is 0.0919. The maximum absolute atomic E-state index is 10.6. The minimum Gasteiger partial charge on any atom is -0.394 e. The van der Waals surface area contributed by atoms with E-state index in [4.69, 9.17) is 38.3 Å². The molecule has 4 saturated heterocycles. The largest absolute Gasteiger partial charge is 0.394 e. The highest BCUT2D eigenvalue weighted by Crippen LogP contribution is 2.32. The molecule has 4 aliphatic heterocycles. The summed E-state index contributed by atoms with van der Waals surface area (Å²) in [6, 6.07) is 0. The maximum atomic E-state index is 10.6. The normalized spacial score (nSPS) is 50.5. The summed E-state index contributed by atoms with van der Waals surface area (Å²) in [6.45, 7) is -3.16. The van der Waals surface area contributed by atoms with Crippen LogP contribution in [0.25, 0.3) is 0 Å². The van der Waals surface area contributed by atoms with Crippen LogP contribution in [0.15, 0.2) is 0 Å². The Balaban J connectivity index is 1.37. The van der Waals surface area contributed by atoms with Crippen molar-refractivity contribution in [3.63, 3.8) is 0 Å². The molecular weight excluding hydrogens is 624 g/mol. The Morgan fingerprint density at radius 3 is 1.76 bits per heavy atom. The third kappa shape index (κ3) is 7.59. The highest BCUT2D eigenvalue weighted by Gasteiger charge is 2.53. The minimum absolute atomic E-state index is 0.700. The molecule has 264 valence electrons. The lowest BCUT2D eigenvalue weighted by atomic mass is 9.97. The van der Waals surface area contributed by atoms with Gasteiger partial charge in [0, 0.05) is 0 Å². The van der Waals surface area contributed by atoms with Crippen LogP contribution in [0.3, 0.4) is 0 Å². The second kappa shape index (κ2) is 15.6. The van der Waals surface area contributed by atoms with Crippen LogP contribution >= 0.6 is 0 Å².